The molecule has 4 rings (SSSR count). The lowest BCUT2D eigenvalue weighted by molar-refractivity contribution is -0.242. The van der Waals surface area contributed by atoms with E-state index in [1.807, 2.05) is 0 Å². The highest BCUT2D eigenvalue weighted by atomic mass is 31.3. The molecular weight excluding hydrogens is 630 g/mol. The molecule has 1 aliphatic rings. The van der Waals surface area contributed by atoms with Gasteiger partial charge in [-0.3, -0.25) is 18.5 Å². The van der Waals surface area contributed by atoms with Crippen molar-refractivity contribution in [3.05, 3.63) is 94.5 Å². The van der Waals surface area contributed by atoms with Gasteiger partial charge in [-0.25, -0.2) is 13.9 Å². The van der Waals surface area contributed by atoms with E-state index in [9.17, 15) is 38.4 Å². The number of rotatable bonds is 10. The normalized spacial score (nSPS) is 21.6. The highest BCUT2D eigenvalue weighted by Gasteiger charge is 2.48. The summed E-state index contributed by atoms with van der Waals surface area (Å²) in [5, 5.41) is 13.3. The Morgan fingerprint density at radius 1 is 0.977 bits per heavy atom. The van der Waals surface area contributed by atoms with Crippen LogP contribution in [0, 0.1) is 0 Å². The second-order valence-corrected chi connectivity index (χ2v) is 11.2. The first-order valence-electron chi connectivity index (χ1n) is 11.6. The van der Waals surface area contributed by atoms with Crippen LogP contribution in [0.5, 0.6) is 0 Å². The number of esters is 1. The Labute approximate surface area is 249 Å². The van der Waals surface area contributed by atoms with E-state index in [1.54, 1.807) is 48.5 Å². The standard InChI is InChI=1S/C23H23N3O13P2.3H3N/c27-18-16(13-36-41(34,35)39-40(31,32)33)37-21(19(18)38-22(29)15-9-5-2-6-10-15)26-12-11-17(25-23(26)30)24-20(28)14-7-3-1-4-8-14;;;/h1-12,16,18-19,21,27H,13H2,(H,34,35)(H2,31,32,33)(H,24,25,28,30);3*1H3/p+1/t16-,18-,19+,21-;;;/m1.../s1. The highest BCUT2D eigenvalue weighted by Crippen LogP contribution is 2.52. The van der Waals surface area contributed by atoms with Gasteiger partial charge < -0.3 is 57.6 Å². The Balaban J connectivity index is 0.00000323. The number of amides is 1. The molecule has 0 radical (unpaired) electrons. The number of phosphoric acid groups is 2. The molecule has 1 saturated heterocycles. The monoisotopic (exact) mass is 663 g/mol. The lowest BCUT2D eigenvalue weighted by atomic mass is 10.1. The van der Waals surface area contributed by atoms with E-state index in [0.717, 1.165) is 10.8 Å². The van der Waals surface area contributed by atoms with Gasteiger partial charge >= 0.3 is 11.7 Å². The fraction of sp³-hybridized carbons (Fsp3) is 0.217. The second-order valence-electron chi connectivity index (χ2n) is 8.41. The number of hydrogen-bond donors (Lipinski definition) is 6. The first kappa shape index (κ1) is 38.3. The molecular formula is C23H33N6O13P2+. The molecule has 242 valence electrons. The van der Waals surface area contributed by atoms with Gasteiger partial charge in [0.1, 0.15) is 18.0 Å². The van der Waals surface area contributed by atoms with Crippen molar-refractivity contribution in [1.82, 2.24) is 28.0 Å². The predicted octanol–water partition coefficient (Wildman–Crippen LogP) is 1.07. The summed E-state index contributed by atoms with van der Waals surface area (Å²) in [4.78, 5) is 72.9. The van der Waals surface area contributed by atoms with Crippen molar-refractivity contribution in [3.63, 3.8) is 0 Å². The Bertz CT molecular complexity index is 1560. The highest BCUT2D eigenvalue weighted by molar-refractivity contribution is 7.59. The van der Waals surface area contributed by atoms with Gasteiger partial charge in [0, 0.05) is 11.8 Å². The number of aliphatic hydroxyl groups is 1. The lowest BCUT2D eigenvalue weighted by Crippen LogP contribution is -2.39. The van der Waals surface area contributed by atoms with Crippen molar-refractivity contribution in [2.75, 3.05) is 11.9 Å². The van der Waals surface area contributed by atoms with Gasteiger partial charge in [-0.05, 0) is 30.3 Å². The number of hydrogen-bond acceptors (Lipinski definition) is 13. The average molecular weight is 663 g/mol. The number of anilines is 1. The summed E-state index contributed by atoms with van der Waals surface area (Å²) in [7, 11) is -11.4. The van der Waals surface area contributed by atoms with Crippen LogP contribution in [0.25, 0.3) is 0 Å². The van der Waals surface area contributed by atoms with Gasteiger partial charge in [-0.1, -0.05) is 36.4 Å². The van der Waals surface area contributed by atoms with Crippen LogP contribution in [0.4, 0.5) is 5.82 Å². The van der Waals surface area contributed by atoms with Crippen molar-refractivity contribution in [2.45, 2.75) is 24.5 Å². The number of quaternary nitrogens is 3. The van der Waals surface area contributed by atoms with E-state index in [1.165, 1.54) is 18.2 Å². The number of phosphoric ester groups is 1. The van der Waals surface area contributed by atoms with Crippen molar-refractivity contribution < 1.29 is 56.8 Å². The zero-order valence-corrected chi connectivity index (χ0v) is 25.4. The van der Waals surface area contributed by atoms with Gasteiger partial charge in [0.25, 0.3) is 21.6 Å². The molecule has 44 heavy (non-hydrogen) atoms. The van der Waals surface area contributed by atoms with E-state index in [2.05, 4.69) is 19.1 Å². The fourth-order valence-corrected chi connectivity index (χ4v) is 5.27. The second kappa shape index (κ2) is 15.9. The van der Waals surface area contributed by atoms with E-state index < -0.39 is 64.4 Å². The molecule has 19 nitrogen and oxygen atoms in total. The molecule has 2 heterocycles. The lowest BCUT2D eigenvalue weighted by Gasteiger charge is -2.28. The maximum absolute atomic E-state index is 12.9. The number of carbonyl (C=O) groups excluding carboxylic acids is 2. The summed E-state index contributed by atoms with van der Waals surface area (Å²) < 4.78 is 42.1. The van der Waals surface area contributed by atoms with Gasteiger partial charge in [-0.15, -0.1) is 0 Å². The van der Waals surface area contributed by atoms with Crippen LogP contribution in [-0.4, -0.2) is 56.3 Å². The minimum atomic E-state index is -5.74. The molecule has 2 aromatic carbocycles. The first-order chi connectivity index (χ1) is 19.3. The Morgan fingerprint density at radius 3 is 2.09 bits per heavy atom. The number of ether oxygens (including phenoxy) is 2. The third-order valence-electron chi connectivity index (χ3n) is 5.55. The van der Waals surface area contributed by atoms with Gasteiger partial charge in [-0.2, -0.15) is 4.98 Å². The number of benzene rings is 2. The molecule has 0 aliphatic carbocycles. The van der Waals surface area contributed by atoms with Crippen LogP contribution < -0.4 is 39.2 Å². The summed E-state index contributed by atoms with van der Waals surface area (Å²) in [6, 6.07) is 16.9. The zero-order valence-electron chi connectivity index (χ0n) is 23.6. The van der Waals surface area contributed by atoms with Crippen LogP contribution in [0.2, 0.25) is 0 Å². The first-order valence-corrected chi connectivity index (χ1v) is 14.5. The van der Waals surface area contributed by atoms with Crippen molar-refractivity contribution in [2.24, 2.45) is 0 Å². The molecule has 3 aromatic rings. The van der Waals surface area contributed by atoms with Crippen molar-refractivity contribution in [1.29, 1.82) is 0 Å². The van der Waals surface area contributed by atoms with E-state index in [-0.39, 0.29) is 29.8 Å². The summed E-state index contributed by atoms with van der Waals surface area (Å²) in [5.41, 5.74) is -0.638. The van der Waals surface area contributed by atoms with Crippen molar-refractivity contribution in [3.8, 4) is 0 Å². The summed E-state index contributed by atoms with van der Waals surface area (Å²) in [6.45, 7) is -1.06. The maximum Gasteiger partial charge on any atom is 0.351 e. The molecule has 0 spiro atoms. The average Bonchev–Trinajstić information content (AvgIpc) is 3.22. The number of carbonyl (C=O) groups is 2. The van der Waals surface area contributed by atoms with E-state index in [4.69, 9.17) is 14.4 Å². The number of nitrogens with one attached hydrogen (secondary N) is 1. The van der Waals surface area contributed by atoms with E-state index >= 15 is 0 Å². The molecule has 2 unspecified atom stereocenters. The molecule has 1 aliphatic heterocycles. The smallest absolute Gasteiger partial charge is 0.351 e. The third-order valence-corrected chi connectivity index (χ3v) is 7.64. The molecule has 0 saturated carbocycles. The fourth-order valence-electron chi connectivity index (χ4n) is 3.74. The van der Waals surface area contributed by atoms with Gasteiger partial charge in [0.15, 0.2) is 12.3 Å². The predicted molar refractivity (Wildman–Crippen MR) is 151 cm³/mol. The van der Waals surface area contributed by atoms with Crippen LogP contribution >= 0.6 is 15.6 Å². The molecule has 1 amide bonds. The third kappa shape index (κ3) is 9.93. The van der Waals surface area contributed by atoms with Crippen LogP contribution in [-0.2, 0) is 27.4 Å². The minimum absolute atomic E-state index is 0. The topological polar surface area (TPSA) is 348 Å². The summed E-state index contributed by atoms with van der Waals surface area (Å²) in [5.74, 6) is -1.61. The number of aliphatic hydroxyl groups excluding tert-OH is 1. The van der Waals surface area contributed by atoms with Crippen molar-refractivity contribution >= 4 is 33.3 Å². The number of aromatic nitrogens is 2. The molecule has 0 bridgehead atoms. The summed E-state index contributed by atoms with van der Waals surface area (Å²) in [6.07, 6.45) is -5.52. The van der Waals surface area contributed by atoms with Crippen LogP contribution in [0.1, 0.15) is 26.9 Å². The zero-order chi connectivity index (χ0) is 29.8. The molecule has 1 fully saturated rings. The molecule has 15 N–H and O–H groups in total. The van der Waals surface area contributed by atoms with Crippen LogP contribution in [0.15, 0.2) is 77.7 Å². The van der Waals surface area contributed by atoms with Crippen LogP contribution in [0.3, 0.4) is 0 Å². The Morgan fingerprint density at radius 2 is 1.55 bits per heavy atom. The molecule has 1 aromatic heterocycles. The maximum atomic E-state index is 12.9. The van der Waals surface area contributed by atoms with Gasteiger partial charge in [0.05, 0.1) is 12.2 Å². The number of nitrogens with zero attached hydrogens (tertiary/aromatic N) is 2. The summed E-state index contributed by atoms with van der Waals surface area (Å²) >= 11 is 0. The van der Waals surface area contributed by atoms with E-state index in [0.29, 0.717) is 5.56 Å². The quantitative estimate of drug-likeness (QED) is 0.130. The Hall–Kier alpha value is -3.68. The molecule has 21 heteroatoms. The SMILES string of the molecule is O=C(Nc1ccn([C@@H]2O[C@H](COP(=O)([O-])OP(=O)([O-])O)[C@@H](O)[C@@H]2OC(=O)c2ccccc2)c(=O)n1)c1ccccc1.[NH4+].[NH4+].[NH4+]. The van der Waals surface area contributed by atoms with Gasteiger partial charge in [0.2, 0.25) is 0 Å². The Kier molecular flexibility index (Phi) is 13.8. The largest absolute Gasteiger partial charge is 0.756 e. The molecule has 6 atom stereocenters. The minimum Gasteiger partial charge on any atom is -0.756 e.